The van der Waals surface area contributed by atoms with Crippen molar-refractivity contribution in [2.45, 2.75) is 13.0 Å². The lowest BCUT2D eigenvalue weighted by Crippen LogP contribution is -2.28. The van der Waals surface area contributed by atoms with Gasteiger partial charge in [-0.15, -0.1) is 0 Å². The molecule has 0 bridgehead atoms. The van der Waals surface area contributed by atoms with Gasteiger partial charge in [-0.25, -0.2) is 0 Å². The van der Waals surface area contributed by atoms with Gasteiger partial charge in [0.25, 0.3) is 0 Å². The van der Waals surface area contributed by atoms with Crippen LogP contribution >= 0.6 is 0 Å². The molecule has 0 fully saturated rings. The third-order valence-corrected chi connectivity index (χ3v) is 3.14. The molecule has 4 heteroatoms. The summed E-state index contributed by atoms with van der Waals surface area (Å²) in [5.41, 5.74) is 8.24. The van der Waals surface area contributed by atoms with Crippen LogP contribution in [0.25, 0.3) is 0 Å². The van der Waals surface area contributed by atoms with Crippen LogP contribution in [0, 0.1) is 6.92 Å². The van der Waals surface area contributed by atoms with Crippen molar-refractivity contribution in [1.29, 1.82) is 0 Å². The van der Waals surface area contributed by atoms with Crippen molar-refractivity contribution in [3.63, 3.8) is 0 Å². The third-order valence-electron chi connectivity index (χ3n) is 3.14. The average molecular weight is 236 g/mol. The van der Waals surface area contributed by atoms with E-state index in [0.717, 1.165) is 11.5 Å². The smallest absolute Gasteiger partial charge is 0.161 e. The summed E-state index contributed by atoms with van der Waals surface area (Å²) in [6, 6.07) is 4.31. The molecule has 2 N–H and O–H groups in total. The fourth-order valence-electron chi connectivity index (χ4n) is 2.18. The molecule has 0 radical (unpaired) electrons. The van der Waals surface area contributed by atoms with Gasteiger partial charge in [0.2, 0.25) is 0 Å². The Bertz CT molecular complexity index is 405. The van der Waals surface area contributed by atoms with Gasteiger partial charge in [-0.3, -0.25) is 0 Å². The number of ether oxygens (including phenoxy) is 2. The highest BCUT2D eigenvalue weighted by molar-refractivity contribution is 5.48. The molecule has 0 amide bonds. The van der Waals surface area contributed by atoms with Crippen LogP contribution in [-0.2, 0) is 0 Å². The Labute approximate surface area is 102 Å². The first-order valence-electron chi connectivity index (χ1n) is 5.90. The topological polar surface area (TPSA) is 47.7 Å². The first-order valence-corrected chi connectivity index (χ1v) is 5.90. The lowest BCUT2D eigenvalue weighted by atomic mass is 9.99. The van der Waals surface area contributed by atoms with Crippen molar-refractivity contribution in [2.75, 3.05) is 33.9 Å². The van der Waals surface area contributed by atoms with Crippen LogP contribution in [0.15, 0.2) is 12.1 Å². The zero-order chi connectivity index (χ0) is 12.4. The van der Waals surface area contributed by atoms with Gasteiger partial charge in [-0.05, 0) is 44.3 Å². The number of nitrogens with two attached hydrogens (primary N) is 1. The molecule has 1 unspecified atom stereocenters. The molecule has 0 aliphatic carbocycles. The van der Waals surface area contributed by atoms with E-state index in [4.69, 9.17) is 15.2 Å². The summed E-state index contributed by atoms with van der Waals surface area (Å²) in [5.74, 6) is 1.67. The second-order valence-corrected chi connectivity index (χ2v) is 4.57. The minimum Gasteiger partial charge on any atom is -0.486 e. The molecule has 2 rings (SSSR count). The summed E-state index contributed by atoms with van der Waals surface area (Å²) in [4.78, 5) is 2.12. The van der Waals surface area contributed by atoms with Crippen LogP contribution in [0.2, 0.25) is 0 Å². The summed E-state index contributed by atoms with van der Waals surface area (Å²) >= 11 is 0. The summed E-state index contributed by atoms with van der Waals surface area (Å²) in [6.07, 6.45) is 0. The Morgan fingerprint density at radius 2 is 1.82 bits per heavy atom. The normalized spacial score (nSPS) is 16.1. The number of hydrogen-bond acceptors (Lipinski definition) is 4. The van der Waals surface area contributed by atoms with E-state index < -0.39 is 0 Å². The van der Waals surface area contributed by atoms with Gasteiger partial charge in [0.05, 0.1) is 0 Å². The van der Waals surface area contributed by atoms with Gasteiger partial charge in [-0.1, -0.05) is 0 Å². The molecule has 0 saturated heterocycles. The zero-order valence-electron chi connectivity index (χ0n) is 10.7. The Morgan fingerprint density at radius 3 is 2.35 bits per heavy atom. The van der Waals surface area contributed by atoms with Gasteiger partial charge in [0.1, 0.15) is 13.2 Å². The van der Waals surface area contributed by atoms with Crippen molar-refractivity contribution in [3.8, 4) is 11.5 Å². The minimum atomic E-state index is 0.214. The highest BCUT2D eigenvalue weighted by Gasteiger charge is 2.19. The highest BCUT2D eigenvalue weighted by atomic mass is 16.6. The molecule has 1 aromatic rings. The number of aryl methyl sites for hydroxylation is 1. The fourth-order valence-corrected chi connectivity index (χ4v) is 2.18. The van der Waals surface area contributed by atoms with E-state index in [2.05, 4.69) is 17.9 Å². The lowest BCUT2D eigenvalue weighted by Gasteiger charge is -2.27. The second-order valence-electron chi connectivity index (χ2n) is 4.57. The lowest BCUT2D eigenvalue weighted by molar-refractivity contribution is 0.170. The molecule has 17 heavy (non-hydrogen) atoms. The molecular formula is C13H20N2O2. The predicted octanol–water partition coefficient (Wildman–Crippen LogP) is 1.33. The minimum absolute atomic E-state index is 0.214. The van der Waals surface area contributed by atoms with Crippen LogP contribution in [0.3, 0.4) is 0 Å². The van der Waals surface area contributed by atoms with Crippen LogP contribution in [0.5, 0.6) is 11.5 Å². The van der Waals surface area contributed by atoms with Crippen molar-refractivity contribution in [2.24, 2.45) is 5.73 Å². The largest absolute Gasteiger partial charge is 0.486 e. The first-order chi connectivity index (χ1) is 8.13. The summed E-state index contributed by atoms with van der Waals surface area (Å²) in [5, 5.41) is 0. The van der Waals surface area contributed by atoms with Crippen LogP contribution < -0.4 is 15.2 Å². The third kappa shape index (κ3) is 2.37. The maximum absolute atomic E-state index is 5.84. The summed E-state index contributed by atoms with van der Waals surface area (Å²) in [7, 11) is 4.07. The van der Waals surface area contributed by atoms with Crippen molar-refractivity contribution < 1.29 is 9.47 Å². The molecule has 94 valence electrons. The van der Waals surface area contributed by atoms with Gasteiger partial charge >= 0.3 is 0 Å². The Kier molecular flexibility index (Phi) is 3.54. The van der Waals surface area contributed by atoms with Crippen LogP contribution in [0.4, 0.5) is 0 Å². The van der Waals surface area contributed by atoms with E-state index in [1.54, 1.807) is 0 Å². The average Bonchev–Trinajstić information content (AvgIpc) is 2.30. The SMILES string of the molecule is Cc1cc2c(cc1C(CN)N(C)C)OCCO2. The van der Waals surface area contributed by atoms with E-state index in [9.17, 15) is 0 Å². The molecule has 1 atom stereocenters. The number of likely N-dealkylation sites (N-methyl/N-ethyl adjacent to an activating group) is 1. The highest BCUT2D eigenvalue weighted by Crippen LogP contribution is 2.35. The number of fused-ring (bicyclic) bond motifs is 1. The Balaban J connectivity index is 2.40. The Morgan fingerprint density at radius 1 is 1.24 bits per heavy atom. The molecule has 4 nitrogen and oxygen atoms in total. The zero-order valence-corrected chi connectivity index (χ0v) is 10.7. The predicted molar refractivity (Wildman–Crippen MR) is 67.7 cm³/mol. The molecular weight excluding hydrogens is 216 g/mol. The molecule has 0 aromatic heterocycles. The molecule has 1 aliphatic heterocycles. The Hall–Kier alpha value is -1.26. The van der Waals surface area contributed by atoms with Crippen molar-refractivity contribution >= 4 is 0 Å². The number of rotatable bonds is 3. The van der Waals surface area contributed by atoms with Crippen molar-refractivity contribution in [1.82, 2.24) is 4.90 Å². The molecule has 0 saturated carbocycles. The molecule has 1 aliphatic rings. The van der Waals surface area contributed by atoms with E-state index in [-0.39, 0.29) is 6.04 Å². The quantitative estimate of drug-likeness (QED) is 0.860. The van der Waals surface area contributed by atoms with E-state index >= 15 is 0 Å². The first kappa shape index (κ1) is 12.2. The molecule has 1 heterocycles. The maximum Gasteiger partial charge on any atom is 0.161 e. The van der Waals surface area contributed by atoms with Gasteiger partial charge in [0, 0.05) is 12.6 Å². The summed E-state index contributed by atoms with van der Waals surface area (Å²) in [6.45, 7) is 3.91. The van der Waals surface area contributed by atoms with Crippen LogP contribution in [0.1, 0.15) is 17.2 Å². The monoisotopic (exact) mass is 236 g/mol. The maximum atomic E-state index is 5.84. The van der Waals surface area contributed by atoms with Gasteiger partial charge in [-0.2, -0.15) is 0 Å². The number of nitrogens with zero attached hydrogens (tertiary/aromatic N) is 1. The standard InChI is InChI=1S/C13H20N2O2/c1-9-6-12-13(17-5-4-16-12)7-10(9)11(8-14)15(2)3/h6-7,11H,4-5,8,14H2,1-3H3. The molecule has 1 aromatic carbocycles. The molecule has 0 spiro atoms. The van der Waals surface area contributed by atoms with E-state index in [0.29, 0.717) is 19.8 Å². The van der Waals surface area contributed by atoms with E-state index in [1.165, 1.54) is 11.1 Å². The van der Waals surface area contributed by atoms with Gasteiger partial charge < -0.3 is 20.1 Å². The second kappa shape index (κ2) is 4.94. The number of hydrogen-bond donors (Lipinski definition) is 1. The fraction of sp³-hybridized carbons (Fsp3) is 0.538. The number of benzene rings is 1. The van der Waals surface area contributed by atoms with Gasteiger partial charge in [0.15, 0.2) is 11.5 Å². The summed E-state index contributed by atoms with van der Waals surface area (Å²) < 4.78 is 11.2. The van der Waals surface area contributed by atoms with Crippen LogP contribution in [-0.4, -0.2) is 38.8 Å². The van der Waals surface area contributed by atoms with E-state index in [1.807, 2.05) is 20.2 Å². The van der Waals surface area contributed by atoms with Crippen molar-refractivity contribution in [3.05, 3.63) is 23.3 Å².